The Morgan fingerprint density at radius 2 is 1.83 bits per heavy atom. The maximum Gasteiger partial charge on any atom is 0.231 e. The van der Waals surface area contributed by atoms with Crippen LogP contribution in [0.1, 0.15) is 52.0 Å². The normalized spacial score (nSPS) is 18.9. The molecule has 0 spiro atoms. The number of nitrogens with one attached hydrogen (secondary N) is 2. The molecule has 0 saturated carbocycles. The van der Waals surface area contributed by atoms with Crippen LogP contribution in [0.25, 0.3) is 0 Å². The largest absolute Gasteiger partial charge is 0.454 e. The standard InChI is InChI=1S/C22H35N3O3.HI/c1-16(2)5-6-17(3)25-21(23-4)24-14-22(9-11-26-12-10-22)18-7-8-19-20(13-18)28-15-27-19;/h7-8,13,16-17H,5-6,9-12,14-15H2,1-4H3,(H2,23,24,25);1H. The van der Waals surface area contributed by atoms with Gasteiger partial charge in [0.15, 0.2) is 17.5 Å². The van der Waals surface area contributed by atoms with Gasteiger partial charge in [-0.1, -0.05) is 19.9 Å². The Labute approximate surface area is 192 Å². The molecule has 1 fully saturated rings. The molecule has 1 unspecified atom stereocenters. The highest BCUT2D eigenvalue weighted by Crippen LogP contribution is 2.40. The summed E-state index contributed by atoms with van der Waals surface area (Å²) in [6.45, 7) is 9.40. The van der Waals surface area contributed by atoms with Gasteiger partial charge in [-0.3, -0.25) is 4.99 Å². The Bertz CT molecular complexity index is 675. The maximum atomic E-state index is 5.66. The first-order chi connectivity index (χ1) is 13.5. The zero-order chi connectivity index (χ0) is 20.0. The van der Waals surface area contributed by atoms with E-state index in [0.29, 0.717) is 12.8 Å². The van der Waals surface area contributed by atoms with Gasteiger partial charge in [-0.05, 0) is 56.2 Å². The minimum Gasteiger partial charge on any atom is -0.454 e. The second kappa shape index (κ2) is 11.2. The Balaban J connectivity index is 0.00000300. The molecular weight excluding hydrogens is 481 g/mol. The number of guanidine groups is 1. The summed E-state index contributed by atoms with van der Waals surface area (Å²) in [6, 6.07) is 6.72. The van der Waals surface area contributed by atoms with Crippen molar-refractivity contribution in [2.24, 2.45) is 10.9 Å². The highest BCUT2D eigenvalue weighted by molar-refractivity contribution is 14.0. The molecule has 0 amide bonds. The summed E-state index contributed by atoms with van der Waals surface area (Å²) in [4.78, 5) is 4.44. The second-order valence-electron chi connectivity index (χ2n) is 8.40. The van der Waals surface area contributed by atoms with E-state index in [0.717, 1.165) is 62.4 Å². The van der Waals surface area contributed by atoms with Crippen LogP contribution in [0.4, 0.5) is 0 Å². The van der Waals surface area contributed by atoms with Crippen molar-refractivity contribution in [1.82, 2.24) is 10.6 Å². The molecule has 1 atom stereocenters. The first-order valence-corrected chi connectivity index (χ1v) is 10.5. The van der Waals surface area contributed by atoms with E-state index in [1.807, 2.05) is 13.1 Å². The van der Waals surface area contributed by atoms with Gasteiger partial charge in [0, 0.05) is 38.3 Å². The van der Waals surface area contributed by atoms with Gasteiger partial charge in [0.05, 0.1) is 0 Å². The highest BCUT2D eigenvalue weighted by Gasteiger charge is 2.36. The van der Waals surface area contributed by atoms with Crippen LogP contribution in [0.3, 0.4) is 0 Å². The molecule has 3 rings (SSSR count). The molecular formula is C22H36IN3O3. The van der Waals surface area contributed by atoms with E-state index in [1.165, 1.54) is 12.0 Å². The Kier molecular flexibility index (Phi) is 9.33. The van der Waals surface area contributed by atoms with Gasteiger partial charge in [-0.2, -0.15) is 0 Å². The van der Waals surface area contributed by atoms with Crippen LogP contribution in [0.2, 0.25) is 0 Å². The fourth-order valence-corrected chi connectivity index (χ4v) is 3.89. The summed E-state index contributed by atoms with van der Waals surface area (Å²) in [5, 5.41) is 7.11. The Morgan fingerprint density at radius 3 is 2.52 bits per heavy atom. The minimum absolute atomic E-state index is 0. The lowest BCUT2D eigenvalue weighted by molar-refractivity contribution is 0.0513. The lowest BCUT2D eigenvalue weighted by Gasteiger charge is -2.38. The molecule has 7 heteroatoms. The summed E-state index contributed by atoms with van der Waals surface area (Å²) in [7, 11) is 1.84. The average Bonchev–Trinajstić information content (AvgIpc) is 3.18. The third kappa shape index (κ3) is 6.38. The fraction of sp³-hybridized carbons (Fsp3) is 0.682. The van der Waals surface area contributed by atoms with Crippen molar-refractivity contribution in [1.29, 1.82) is 0 Å². The van der Waals surface area contributed by atoms with E-state index in [9.17, 15) is 0 Å². The quantitative estimate of drug-likeness (QED) is 0.325. The van der Waals surface area contributed by atoms with Gasteiger partial charge in [0.25, 0.3) is 0 Å². The van der Waals surface area contributed by atoms with Gasteiger partial charge in [0.1, 0.15) is 0 Å². The first-order valence-electron chi connectivity index (χ1n) is 10.5. The zero-order valence-corrected chi connectivity index (χ0v) is 20.5. The van der Waals surface area contributed by atoms with E-state index in [-0.39, 0.29) is 29.4 Å². The van der Waals surface area contributed by atoms with Crippen LogP contribution >= 0.6 is 24.0 Å². The van der Waals surface area contributed by atoms with E-state index in [4.69, 9.17) is 14.2 Å². The van der Waals surface area contributed by atoms with Crippen molar-refractivity contribution in [3.8, 4) is 11.5 Å². The Hall–Kier alpha value is -1.22. The van der Waals surface area contributed by atoms with Gasteiger partial charge in [-0.25, -0.2) is 0 Å². The molecule has 2 heterocycles. The van der Waals surface area contributed by atoms with Gasteiger partial charge in [-0.15, -0.1) is 24.0 Å². The molecule has 1 aromatic carbocycles. The molecule has 6 nitrogen and oxygen atoms in total. The molecule has 1 aromatic rings. The lowest BCUT2D eigenvalue weighted by atomic mass is 9.74. The van der Waals surface area contributed by atoms with Crippen molar-refractivity contribution in [2.75, 3.05) is 33.6 Å². The maximum absolute atomic E-state index is 5.66. The SMILES string of the molecule is CN=C(NCC1(c2ccc3c(c2)OCO3)CCOCC1)NC(C)CCC(C)C.I. The molecule has 0 radical (unpaired) electrons. The summed E-state index contributed by atoms with van der Waals surface area (Å²) in [5.74, 6) is 3.25. The smallest absolute Gasteiger partial charge is 0.231 e. The topological polar surface area (TPSA) is 64.1 Å². The van der Waals surface area contributed by atoms with Gasteiger partial charge in [0.2, 0.25) is 6.79 Å². The van der Waals surface area contributed by atoms with Crippen LogP contribution in [0.5, 0.6) is 11.5 Å². The number of nitrogens with zero attached hydrogens (tertiary/aromatic N) is 1. The average molecular weight is 517 g/mol. The molecule has 2 aliphatic heterocycles. The number of benzene rings is 1. The predicted octanol–water partition coefficient (Wildman–Crippen LogP) is 4.07. The molecule has 1 saturated heterocycles. The molecule has 0 bridgehead atoms. The van der Waals surface area contributed by atoms with Crippen molar-refractivity contribution >= 4 is 29.9 Å². The van der Waals surface area contributed by atoms with Gasteiger partial charge >= 0.3 is 0 Å². The fourth-order valence-electron chi connectivity index (χ4n) is 3.89. The second-order valence-corrected chi connectivity index (χ2v) is 8.40. The van der Waals surface area contributed by atoms with Crippen molar-refractivity contribution < 1.29 is 14.2 Å². The lowest BCUT2D eigenvalue weighted by Crippen LogP contribution is -2.49. The minimum atomic E-state index is -0.00196. The number of hydrogen-bond donors (Lipinski definition) is 2. The molecule has 164 valence electrons. The predicted molar refractivity (Wildman–Crippen MR) is 128 cm³/mol. The molecule has 2 aliphatic rings. The Morgan fingerprint density at radius 1 is 1.10 bits per heavy atom. The summed E-state index contributed by atoms with van der Waals surface area (Å²) in [6.07, 6.45) is 4.29. The van der Waals surface area contributed by atoms with Crippen LogP contribution in [0.15, 0.2) is 23.2 Å². The zero-order valence-electron chi connectivity index (χ0n) is 18.1. The van der Waals surface area contributed by atoms with E-state index in [2.05, 4.69) is 48.5 Å². The number of ether oxygens (including phenoxy) is 3. The van der Waals surface area contributed by atoms with Gasteiger partial charge < -0.3 is 24.8 Å². The molecule has 0 aliphatic carbocycles. The van der Waals surface area contributed by atoms with Crippen molar-refractivity contribution in [2.45, 2.75) is 57.9 Å². The van der Waals surface area contributed by atoms with E-state index < -0.39 is 0 Å². The molecule has 0 aromatic heterocycles. The summed E-state index contributed by atoms with van der Waals surface area (Å²) >= 11 is 0. The number of aliphatic imine (C=N–C) groups is 1. The number of fused-ring (bicyclic) bond motifs is 1. The number of rotatable bonds is 7. The van der Waals surface area contributed by atoms with Crippen LogP contribution in [0, 0.1) is 5.92 Å². The monoisotopic (exact) mass is 517 g/mol. The van der Waals surface area contributed by atoms with E-state index >= 15 is 0 Å². The van der Waals surface area contributed by atoms with E-state index in [1.54, 1.807) is 0 Å². The van der Waals surface area contributed by atoms with Crippen molar-refractivity contribution in [3.05, 3.63) is 23.8 Å². The molecule has 29 heavy (non-hydrogen) atoms. The third-order valence-corrected chi connectivity index (χ3v) is 5.81. The number of halogens is 1. The summed E-state index contributed by atoms with van der Waals surface area (Å²) < 4.78 is 16.8. The van der Waals surface area contributed by atoms with Crippen LogP contribution in [-0.2, 0) is 10.2 Å². The highest BCUT2D eigenvalue weighted by atomic mass is 127. The van der Waals surface area contributed by atoms with Crippen LogP contribution < -0.4 is 20.1 Å². The van der Waals surface area contributed by atoms with Crippen LogP contribution in [-0.4, -0.2) is 45.6 Å². The van der Waals surface area contributed by atoms with Crippen molar-refractivity contribution in [3.63, 3.8) is 0 Å². The number of hydrogen-bond acceptors (Lipinski definition) is 4. The summed E-state index contributed by atoms with van der Waals surface area (Å²) in [5.41, 5.74) is 1.27. The first kappa shape index (κ1) is 24.1. The molecule has 2 N–H and O–H groups in total. The third-order valence-electron chi connectivity index (χ3n) is 5.81.